The van der Waals surface area contributed by atoms with E-state index in [4.69, 9.17) is 5.73 Å². The molecule has 2 N–H and O–H groups in total. The summed E-state index contributed by atoms with van der Waals surface area (Å²) in [4.78, 5) is 17.5. The van der Waals surface area contributed by atoms with Gasteiger partial charge in [-0.2, -0.15) is 0 Å². The molecule has 0 radical (unpaired) electrons. The van der Waals surface area contributed by atoms with Gasteiger partial charge in [0.15, 0.2) is 0 Å². The smallest absolute Gasteiger partial charge is 0.273 e. The van der Waals surface area contributed by atoms with E-state index in [1.54, 1.807) is 17.3 Å². The van der Waals surface area contributed by atoms with E-state index in [0.717, 1.165) is 5.01 Å². The summed E-state index contributed by atoms with van der Waals surface area (Å²) in [6.07, 6.45) is 0. The summed E-state index contributed by atoms with van der Waals surface area (Å²) in [5, 5.41) is 2.55. The summed E-state index contributed by atoms with van der Waals surface area (Å²) in [5.41, 5.74) is 5.91. The largest absolute Gasteiger partial charge is 0.338 e. The number of nitrogens with two attached hydrogens (primary N) is 1. The highest BCUT2D eigenvalue weighted by atomic mass is 35.5. The molecule has 0 aliphatic heterocycles. The molecule has 0 aromatic carbocycles. The third-order valence-corrected chi connectivity index (χ3v) is 2.91. The highest BCUT2D eigenvalue weighted by molar-refractivity contribution is 7.09. The fraction of sp³-hybridized carbons (Fsp3) is 0.556. The van der Waals surface area contributed by atoms with Gasteiger partial charge in [-0.25, -0.2) is 4.98 Å². The van der Waals surface area contributed by atoms with Crippen LogP contribution in [0.4, 0.5) is 0 Å². The lowest BCUT2D eigenvalue weighted by atomic mass is 10.3. The number of nitrogens with zero attached hydrogens (tertiary/aromatic N) is 2. The molecule has 0 saturated carbocycles. The Labute approximate surface area is 99.9 Å². The van der Waals surface area contributed by atoms with E-state index in [2.05, 4.69) is 4.98 Å². The van der Waals surface area contributed by atoms with E-state index in [1.165, 1.54) is 11.3 Å². The number of amides is 1. The van der Waals surface area contributed by atoms with Gasteiger partial charge < -0.3 is 10.6 Å². The molecule has 0 fully saturated rings. The molecule has 15 heavy (non-hydrogen) atoms. The maximum absolute atomic E-state index is 11.7. The van der Waals surface area contributed by atoms with Crippen LogP contribution in [0.25, 0.3) is 0 Å². The number of thiazole rings is 1. The van der Waals surface area contributed by atoms with Crippen LogP contribution in [0.2, 0.25) is 0 Å². The van der Waals surface area contributed by atoms with Crippen LogP contribution in [0.5, 0.6) is 0 Å². The normalized spacial score (nSPS) is 9.93. The molecule has 1 aromatic heterocycles. The Bertz CT molecular complexity index is 327. The first-order chi connectivity index (χ1) is 6.56. The molecule has 0 aliphatic carbocycles. The van der Waals surface area contributed by atoms with E-state index in [0.29, 0.717) is 12.2 Å². The number of carbonyl (C=O) groups excluding carboxylic acids is 1. The van der Waals surface area contributed by atoms with Crippen molar-refractivity contribution in [2.75, 3.05) is 7.05 Å². The average Bonchev–Trinajstić information content (AvgIpc) is 2.63. The number of aromatic nitrogens is 1. The van der Waals surface area contributed by atoms with Crippen molar-refractivity contribution >= 4 is 29.7 Å². The Morgan fingerprint density at radius 2 is 2.27 bits per heavy atom. The van der Waals surface area contributed by atoms with Crippen molar-refractivity contribution in [1.29, 1.82) is 0 Å². The topological polar surface area (TPSA) is 59.2 Å². The zero-order chi connectivity index (χ0) is 10.7. The summed E-state index contributed by atoms with van der Waals surface area (Å²) in [6, 6.07) is 0.186. The monoisotopic (exact) mass is 249 g/mol. The van der Waals surface area contributed by atoms with Crippen molar-refractivity contribution in [3.63, 3.8) is 0 Å². The minimum atomic E-state index is -0.0454. The first-order valence-corrected chi connectivity index (χ1v) is 5.36. The number of halogens is 1. The van der Waals surface area contributed by atoms with E-state index < -0.39 is 0 Å². The van der Waals surface area contributed by atoms with Crippen LogP contribution < -0.4 is 5.73 Å². The van der Waals surface area contributed by atoms with Gasteiger partial charge in [-0.1, -0.05) is 0 Å². The molecule has 4 nitrogen and oxygen atoms in total. The predicted octanol–water partition coefficient (Wildman–Crippen LogP) is 1.50. The summed E-state index contributed by atoms with van der Waals surface area (Å²) in [5.74, 6) is -0.0454. The third kappa shape index (κ3) is 3.44. The minimum Gasteiger partial charge on any atom is -0.338 e. The van der Waals surface area contributed by atoms with Crippen LogP contribution in [-0.4, -0.2) is 28.9 Å². The Morgan fingerprint density at radius 3 is 2.67 bits per heavy atom. The van der Waals surface area contributed by atoms with Gasteiger partial charge >= 0.3 is 0 Å². The van der Waals surface area contributed by atoms with Gasteiger partial charge in [-0.05, 0) is 13.8 Å². The number of carbonyl (C=O) groups is 1. The lowest BCUT2D eigenvalue weighted by Crippen LogP contribution is -2.33. The second-order valence-corrected chi connectivity index (χ2v) is 4.28. The lowest BCUT2D eigenvalue weighted by Gasteiger charge is -2.19. The summed E-state index contributed by atoms with van der Waals surface area (Å²) in [6.45, 7) is 4.32. The Balaban J connectivity index is 0.00000196. The van der Waals surface area contributed by atoms with Gasteiger partial charge in [0.1, 0.15) is 10.7 Å². The molecule has 1 aromatic rings. The van der Waals surface area contributed by atoms with Crippen molar-refractivity contribution in [2.24, 2.45) is 5.73 Å². The van der Waals surface area contributed by atoms with Crippen molar-refractivity contribution in [3.05, 3.63) is 16.1 Å². The third-order valence-electron chi connectivity index (χ3n) is 2.04. The quantitative estimate of drug-likeness (QED) is 0.883. The van der Waals surface area contributed by atoms with Gasteiger partial charge in [-0.3, -0.25) is 4.79 Å². The van der Waals surface area contributed by atoms with Crippen molar-refractivity contribution in [2.45, 2.75) is 26.4 Å². The van der Waals surface area contributed by atoms with E-state index in [9.17, 15) is 4.79 Å². The first kappa shape index (κ1) is 14.3. The molecule has 1 heterocycles. The molecule has 86 valence electrons. The number of hydrogen-bond acceptors (Lipinski definition) is 4. The zero-order valence-electron chi connectivity index (χ0n) is 9.06. The lowest BCUT2D eigenvalue weighted by molar-refractivity contribution is 0.0749. The van der Waals surface area contributed by atoms with Crippen molar-refractivity contribution < 1.29 is 4.79 Å². The number of rotatable bonds is 3. The molecule has 0 aliphatic rings. The highest BCUT2D eigenvalue weighted by Gasteiger charge is 2.16. The molecule has 6 heteroatoms. The maximum atomic E-state index is 11.7. The SMILES string of the molecule is CC(C)N(C)C(=O)c1csc(CN)n1.Cl. The molecule has 0 saturated heterocycles. The second kappa shape index (κ2) is 6.05. The Hall–Kier alpha value is -0.650. The average molecular weight is 250 g/mol. The van der Waals surface area contributed by atoms with E-state index >= 15 is 0 Å². The van der Waals surface area contributed by atoms with E-state index in [-0.39, 0.29) is 24.4 Å². The zero-order valence-corrected chi connectivity index (χ0v) is 10.7. The van der Waals surface area contributed by atoms with Crippen LogP contribution in [0.3, 0.4) is 0 Å². The molecular formula is C9H16ClN3OS. The molecular weight excluding hydrogens is 234 g/mol. The van der Waals surface area contributed by atoms with Crippen molar-refractivity contribution in [1.82, 2.24) is 9.88 Å². The van der Waals surface area contributed by atoms with Gasteiger partial charge in [0.05, 0.1) is 0 Å². The van der Waals surface area contributed by atoms with Crippen LogP contribution in [0.15, 0.2) is 5.38 Å². The van der Waals surface area contributed by atoms with Crippen LogP contribution in [-0.2, 0) is 6.54 Å². The van der Waals surface area contributed by atoms with Crippen LogP contribution in [0, 0.1) is 0 Å². The second-order valence-electron chi connectivity index (χ2n) is 3.34. The fourth-order valence-electron chi connectivity index (χ4n) is 0.918. The molecule has 1 amide bonds. The predicted molar refractivity (Wildman–Crippen MR) is 64.5 cm³/mol. The minimum absolute atomic E-state index is 0. The van der Waals surface area contributed by atoms with Gasteiger partial charge in [-0.15, -0.1) is 23.7 Å². The van der Waals surface area contributed by atoms with E-state index in [1.807, 2.05) is 13.8 Å². The highest BCUT2D eigenvalue weighted by Crippen LogP contribution is 2.11. The summed E-state index contributed by atoms with van der Waals surface area (Å²) < 4.78 is 0. The Kier molecular flexibility index (Phi) is 5.79. The van der Waals surface area contributed by atoms with Crippen LogP contribution in [0.1, 0.15) is 29.3 Å². The molecule has 0 atom stereocenters. The summed E-state index contributed by atoms with van der Waals surface area (Å²) >= 11 is 1.42. The molecule has 0 unspecified atom stereocenters. The van der Waals surface area contributed by atoms with Crippen LogP contribution >= 0.6 is 23.7 Å². The number of hydrogen-bond donors (Lipinski definition) is 1. The van der Waals surface area contributed by atoms with Gasteiger partial charge in [0.25, 0.3) is 5.91 Å². The fourth-order valence-corrected chi connectivity index (χ4v) is 1.57. The molecule has 1 rings (SSSR count). The first-order valence-electron chi connectivity index (χ1n) is 4.48. The summed E-state index contributed by atoms with van der Waals surface area (Å²) in [7, 11) is 1.77. The standard InChI is InChI=1S/C9H15N3OS.ClH/c1-6(2)12(3)9(13)7-5-14-8(4-10)11-7;/h5-6H,4,10H2,1-3H3;1H. The molecule has 0 bridgehead atoms. The van der Waals surface area contributed by atoms with Crippen molar-refractivity contribution in [3.8, 4) is 0 Å². The van der Waals surface area contributed by atoms with Gasteiger partial charge in [0.2, 0.25) is 0 Å². The van der Waals surface area contributed by atoms with Gasteiger partial charge in [0, 0.05) is 25.0 Å². The molecule has 0 spiro atoms. The Morgan fingerprint density at radius 1 is 1.67 bits per heavy atom. The maximum Gasteiger partial charge on any atom is 0.273 e.